The third kappa shape index (κ3) is 5.45. The van der Waals surface area contributed by atoms with Gasteiger partial charge in [-0.3, -0.25) is 4.90 Å². The number of nitrogens with zero attached hydrogens (tertiary/aromatic N) is 1. The Labute approximate surface area is 147 Å². The first-order chi connectivity index (χ1) is 12.0. The van der Waals surface area contributed by atoms with Crippen LogP contribution < -0.4 is 9.47 Å². The first kappa shape index (κ1) is 19.2. The van der Waals surface area contributed by atoms with Crippen LogP contribution in [0.4, 0.5) is 0 Å². The van der Waals surface area contributed by atoms with Crippen molar-refractivity contribution in [3.05, 3.63) is 29.3 Å². The molecule has 7 heteroatoms. The second kappa shape index (κ2) is 9.41. The molecule has 1 fully saturated rings. The second-order valence-corrected chi connectivity index (χ2v) is 5.81. The third-order valence-corrected chi connectivity index (χ3v) is 4.10. The molecule has 0 bridgehead atoms. The molecule has 0 aliphatic carbocycles. The van der Waals surface area contributed by atoms with Gasteiger partial charge in [-0.05, 0) is 17.7 Å². The Morgan fingerprint density at radius 3 is 2.64 bits per heavy atom. The van der Waals surface area contributed by atoms with E-state index in [0.29, 0.717) is 43.2 Å². The summed E-state index contributed by atoms with van der Waals surface area (Å²) in [6, 6.07) is 3.48. The Morgan fingerprint density at radius 2 is 2.04 bits per heavy atom. The first-order valence-electron chi connectivity index (χ1n) is 8.18. The predicted octanol–water partition coefficient (Wildman–Crippen LogP) is 1.04. The van der Waals surface area contributed by atoms with Crippen molar-refractivity contribution >= 4 is 12.0 Å². The lowest BCUT2D eigenvalue weighted by molar-refractivity contribution is -0.131. The number of rotatable bonds is 8. The van der Waals surface area contributed by atoms with Gasteiger partial charge in [0.15, 0.2) is 11.5 Å². The predicted molar refractivity (Wildman–Crippen MR) is 93.2 cm³/mol. The molecular weight excluding hydrogens is 326 g/mol. The Hall–Kier alpha value is -2.09. The van der Waals surface area contributed by atoms with Crippen molar-refractivity contribution in [2.24, 2.45) is 0 Å². The quantitative estimate of drug-likeness (QED) is 0.677. The maximum Gasteiger partial charge on any atom is 0.328 e. The topological polar surface area (TPSA) is 88.5 Å². The van der Waals surface area contributed by atoms with Gasteiger partial charge >= 0.3 is 5.97 Å². The van der Waals surface area contributed by atoms with E-state index in [1.54, 1.807) is 19.2 Å². The Morgan fingerprint density at radius 1 is 1.32 bits per heavy atom. The van der Waals surface area contributed by atoms with Crippen molar-refractivity contribution < 1.29 is 29.2 Å². The monoisotopic (exact) mass is 351 g/mol. The fraction of sp³-hybridized carbons (Fsp3) is 0.500. The number of carboxylic acid groups (broad SMARTS) is 1. The number of benzene rings is 1. The maximum atomic E-state index is 10.8. The van der Waals surface area contributed by atoms with Crippen molar-refractivity contribution in [1.29, 1.82) is 0 Å². The summed E-state index contributed by atoms with van der Waals surface area (Å²) in [5.74, 6) is 0.0224. The molecule has 1 aliphatic rings. The highest BCUT2D eigenvalue weighted by Crippen LogP contribution is 2.35. The first-order valence-corrected chi connectivity index (χ1v) is 8.18. The molecule has 0 radical (unpaired) electrons. The third-order valence-electron chi connectivity index (χ3n) is 4.10. The van der Waals surface area contributed by atoms with Crippen LogP contribution in [0.15, 0.2) is 18.2 Å². The van der Waals surface area contributed by atoms with E-state index in [1.165, 1.54) is 13.2 Å². The van der Waals surface area contributed by atoms with Crippen LogP contribution in [0.25, 0.3) is 6.08 Å². The van der Waals surface area contributed by atoms with Gasteiger partial charge in [0.05, 0.1) is 33.5 Å². The molecule has 1 saturated heterocycles. The molecule has 1 unspecified atom stereocenters. The lowest BCUT2D eigenvalue weighted by atomic mass is 9.98. The van der Waals surface area contributed by atoms with Crippen LogP contribution in [0.2, 0.25) is 0 Å². The number of aliphatic hydroxyl groups is 1. The van der Waals surface area contributed by atoms with Crippen LogP contribution in [-0.2, 0) is 16.0 Å². The normalized spacial score (nSPS) is 16.8. The van der Waals surface area contributed by atoms with Crippen LogP contribution in [0, 0.1) is 0 Å². The smallest absolute Gasteiger partial charge is 0.328 e. The van der Waals surface area contributed by atoms with Crippen molar-refractivity contribution in [3.63, 3.8) is 0 Å². The Bertz CT molecular complexity index is 610. The van der Waals surface area contributed by atoms with Crippen LogP contribution in [-0.4, -0.2) is 74.3 Å². The molecule has 1 aromatic rings. The zero-order valence-electron chi connectivity index (χ0n) is 14.6. The van der Waals surface area contributed by atoms with Gasteiger partial charge in [0.25, 0.3) is 0 Å². The largest absolute Gasteiger partial charge is 0.493 e. The minimum Gasteiger partial charge on any atom is -0.493 e. The number of β-amino-alcohol motifs (C(OH)–C–C–N with tert-alkyl or cyclic N) is 1. The molecule has 7 nitrogen and oxygen atoms in total. The number of carboxylic acids is 1. The van der Waals surface area contributed by atoms with E-state index in [1.807, 2.05) is 0 Å². The van der Waals surface area contributed by atoms with Crippen molar-refractivity contribution in [3.8, 4) is 11.5 Å². The van der Waals surface area contributed by atoms with Crippen LogP contribution in [0.3, 0.4) is 0 Å². The number of morpholine rings is 1. The summed E-state index contributed by atoms with van der Waals surface area (Å²) in [6.45, 7) is 3.44. The number of methoxy groups -OCH3 is 2. The highest BCUT2D eigenvalue weighted by molar-refractivity contribution is 5.86. The van der Waals surface area contributed by atoms with Gasteiger partial charge in [0.2, 0.25) is 0 Å². The summed E-state index contributed by atoms with van der Waals surface area (Å²) < 4.78 is 16.1. The summed E-state index contributed by atoms with van der Waals surface area (Å²) >= 11 is 0. The number of aliphatic carboxylic acids is 1. The summed E-state index contributed by atoms with van der Waals surface area (Å²) in [5.41, 5.74) is 1.40. The lowest BCUT2D eigenvalue weighted by Crippen LogP contribution is -2.41. The van der Waals surface area contributed by atoms with E-state index >= 15 is 0 Å². The molecule has 0 spiro atoms. The molecule has 1 aromatic carbocycles. The van der Waals surface area contributed by atoms with Crippen molar-refractivity contribution in [1.82, 2.24) is 4.90 Å². The minimum atomic E-state index is -1.03. The van der Waals surface area contributed by atoms with E-state index in [0.717, 1.165) is 24.7 Å². The molecule has 138 valence electrons. The highest BCUT2D eigenvalue weighted by atomic mass is 16.5. The summed E-state index contributed by atoms with van der Waals surface area (Å²) in [7, 11) is 3.07. The van der Waals surface area contributed by atoms with Gasteiger partial charge in [-0.15, -0.1) is 0 Å². The van der Waals surface area contributed by atoms with Crippen LogP contribution >= 0.6 is 0 Å². The van der Waals surface area contributed by atoms with Crippen molar-refractivity contribution in [2.45, 2.75) is 12.5 Å². The van der Waals surface area contributed by atoms with Crippen LogP contribution in [0.1, 0.15) is 11.1 Å². The van der Waals surface area contributed by atoms with Crippen molar-refractivity contribution in [2.75, 3.05) is 47.1 Å². The Kier molecular flexibility index (Phi) is 7.24. The number of hydrogen-bond donors (Lipinski definition) is 2. The Balaban J connectivity index is 2.23. The molecule has 1 atom stereocenters. The average Bonchev–Trinajstić information content (AvgIpc) is 2.60. The summed E-state index contributed by atoms with van der Waals surface area (Å²) in [5, 5.41) is 19.4. The average molecular weight is 351 g/mol. The maximum absolute atomic E-state index is 10.8. The molecular formula is C18H25NO6. The highest BCUT2D eigenvalue weighted by Gasteiger charge is 2.20. The molecule has 2 rings (SSSR count). The lowest BCUT2D eigenvalue weighted by Gasteiger charge is -2.29. The molecule has 1 aliphatic heterocycles. The number of ether oxygens (including phenoxy) is 3. The fourth-order valence-electron chi connectivity index (χ4n) is 2.92. The molecule has 0 saturated carbocycles. The summed E-state index contributed by atoms with van der Waals surface area (Å²) in [6.07, 6.45) is 2.29. The SMILES string of the molecule is COc1ccc(C=CC(=O)O)c(CC(O)CN2CCOCC2)c1OC. The number of hydrogen-bond acceptors (Lipinski definition) is 6. The molecule has 0 amide bonds. The number of aliphatic hydroxyl groups excluding tert-OH is 1. The minimum absolute atomic E-state index is 0.330. The van der Waals surface area contributed by atoms with E-state index < -0.39 is 12.1 Å². The molecule has 25 heavy (non-hydrogen) atoms. The van der Waals surface area contributed by atoms with Gasteiger partial charge in [0.1, 0.15) is 0 Å². The van der Waals surface area contributed by atoms with E-state index in [9.17, 15) is 9.90 Å². The van der Waals surface area contributed by atoms with Gasteiger partial charge in [-0.1, -0.05) is 6.07 Å². The van der Waals surface area contributed by atoms with E-state index in [4.69, 9.17) is 19.3 Å². The molecule has 0 aromatic heterocycles. The second-order valence-electron chi connectivity index (χ2n) is 5.81. The van der Waals surface area contributed by atoms with E-state index in [2.05, 4.69) is 4.90 Å². The zero-order chi connectivity index (χ0) is 18.2. The van der Waals surface area contributed by atoms with Gasteiger partial charge < -0.3 is 24.4 Å². The van der Waals surface area contributed by atoms with Gasteiger partial charge in [0, 0.05) is 37.7 Å². The molecule has 1 heterocycles. The summed E-state index contributed by atoms with van der Waals surface area (Å²) in [4.78, 5) is 13.0. The van der Waals surface area contributed by atoms with Crippen LogP contribution in [0.5, 0.6) is 11.5 Å². The van der Waals surface area contributed by atoms with E-state index in [-0.39, 0.29) is 0 Å². The number of carbonyl (C=O) groups is 1. The van der Waals surface area contributed by atoms with Gasteiger partial charge in [-0.2, -0.15) is 0 Å². The standard InChI is InChI=1S/C18H25NO6/c1-23-16-5-3-13(4-6-17(21)22)15(18(16)24-2)11-14(20)12-19-7-9-25-10-8-19/h3-6,14,20H,7-12H2,1-2H3,(H,21,22). The van der Waals surface area contributed by atoms with Gasteiger partial charge in [-0.25, -0.2) is 4.79 Å². The zero-order valence-corrected chi connectivity index (χ0v) is 14.6. The fourth-order valence-corrected chi connectivity index (χ4v) is 2.92. The molecule has 2 N–H and O–H groups in total.